The average Bonchev–Trinajstić information content (AvgIpc) is 2.55. The van der Waals surface area contributed by atoms with E-state index in [-0.39, 0.29) is 5.41 Å². The second-order valence-electron chi connectivity index (χ2n) is 6.44. The molecule has 0 N–H and O–H groups in total. The minimum Gasteiger partial charge on any atom is -0.232 e. The van der Waals surface area contributed by atoms with Gasteiger partial charge in [-0.1, -0.05) is 81.4 Å². The predicted octanol–water partition coefficient (Wildman–Crippen LogP) is 5.11. The lowest BCUT2D eigenvalue weighted by atomic mass is 9.94. The Kier molecular flexibility index (Phi) is 3.76. The van der Waals surface area contributed by atoms with Gasteiger partial charge in [-0.2, -0.15) is 0 Å². The van der Waals surface area contributed by atoms with Crippen molar-refractivity contribution in [1.82, 2.24) is 9.97 Å². The zero-order valence-corrected chi connectivity index (χ0v) is 13.2. The molecule has 0 saturated carbocycles. The zero-order chi connectivity index (χ0) is 15.6. The van der Waals surface area contributed by atoms with Crippen LogP contribution in [-0.4, -0.2) is 9.97 Å². The monoisotopic (exact) mass is 288 g/mol. The minimum atomic E-state index is -0.0890. The van der Waals surface area contributed by atoms with E-state index in [2.05, 4.69) is 51.1 Å². The smallest absolute Gasteiger partial charge is 0.135 e. The maximum Gasteiger partial charge on any atom is 0.135 e. The number of hydrogen-bond acceptors (Lipinski definition) is 2. The van der Waals surface area contributed by atoms with E-state index in [9.17, 15) is 0 Å². The topological polar surface area (TPSA) is 25.8 Å². The second-order valence-corrected chi connectivity index (χ2v) is 6.44. The SMILES string of the molecule is CC(C)(C)c1nc(-c2ccccc2)cc(-c2ccccc2)n1. The lowest BCUT2D eigenvalue weighted by molar-refractivity contribution is 0.547. The lowest BCUT2D eigenvalue weighted by Gasteiger charge is -2.19. The Morgan fingerprint density at radius 1 is 0.636 bits per heavy atom. The zero-order valence-electron chi connectivity index (χ0n) is 13.2. The molecular formula is C20H20N2. The van der Waals surface area contributed by atoms with Gasteiger partial charge >= 0.3 is 0 Å². The van der Waals surface area contributed by atoms with E-state index in [0.29, 0.717) is 0 Å². The maximum absolute atomic E-state index is 4.79. The largest absolute Gasteiger partial charge is 0.232 e. The fourth-order valence-corrected chi connectivity index (χ4v) is 2.30. The molecule has 0 bridgehead atoms. The van der Waals surface area contributed by atoms with Crippen LogP contribution in [0.1, 0.15) is 26.6 Å². The molecule has 1 aromatic heterocycles. The number of aromatic nitrogens is 2. The molecule has 0 fully saturated rings. The summed E-state index contributed by atoms with van der Waals surface area (Å²) in [7, 11) is 0. The molecule has 2 nitrogen and oxygen atoms in total. The highest BCUT2D eigenvalue weighted by molar-refractivity contribution is 5.67. The molecule has 1 heterocycles. The summed E-state index contributed by atoms with van der Waals surface area (Å²) < 4.78 is 0. The van der Waals surface area contributed by atoms with Crippen molar-refractivity contribution in [3.63, 3.8) is 0 Å². The summed E-state index contributed by atoms with van der Waals surface area (Å²) in [6, 6.07) is 22.6. The lowest BCUT2D eigenvalue weighted by Crippen LogP contribution is -2.16. The first-order valence-electron chi connectivity index (χ1n) is 7.54. The predicted molar refractivity (Wildman–Crippen MR) is 91.6 cm³/mol. The van der Waals surface area contributed by atoms with E-state index >= 15 is 0 Å². The molecule has 0 aliphatic heterocycles. The minimum absolute atomic E-state index is 0.0890. The van der Waals surface area contributed by atoms with E-state index in [1.54, 1.807) is 0 Å². The van der Waals surface area contributed by atoms with Crippen molar-refractivity contribution in [3.8, 4) is 22.5 Å². The molecule has 0 aliphatic carbocycles. The van der Waals surface area contributed by atoms with Crippen LogP contribution >= 0.6 is 0 Å². The summed E-state index contributed by atoms with van der Waals surface area (Å²) in [6.45, 7) is 6.43. The quantitative estimate of drug-likeness (QED) is 0.655. The van der Waals surface area contributed by atoms with Crippen LogP contribution in [0.3, 0.4) is 0 Å². The van der Waals surface area contributed by atoms with Gasteiger partial charge in [-0.05, 0) is 6.07 Å². The summed E-state index contributed by atoms with van der Waals surface area (Å²) in [5.41, 5.74) is 4.09. The average molecular weight is 288 g/mol. The van der Waals surface area contributed by atoms with Crippen LogP contribution in [-0.2, 0) is 5.41 Å². The highest BCUT2D eigenvalue weighted by Crippen LogP contribution is 2.27. The molecule has 0 aliphatic rings. The molecule has 3 rings (SSSR count). The van der Waals surface area contributed by atoms with Crippen molar-refractivity contribution in [3.05, 3.63) is 72.6 Å². The number of rotatable bonds is 2. The molecule has 0 saturated heterocycles. The van der Waals surface area contributed by atoms with Crippen LogP contribution in [0.15, 0.2) is 66.7 Å². The molecule has 0 radical (unpaired) electrons. The van der Waals surface area contributed by atoms with E-state index in [1.165, 1.54) is 0 Å². The Balaban J connectivity index is 2.19. The Hall–Kier alpha value is -2.48. The van der Waals surface area contributed by atoms with Gasteiger partial charge in [0, 0.05) is 16.5 Å². The molecule has 2 heteroatoms. The standard InChI is InChI=1S/C20H20N2/c1-20(2,3)19-21-17(15-10-6-4-7-11-15)14-18(22-19)16-12-8-5-9-13-16/h4-14H,1-3H3. The van der Waals surface area contributed by atoms with Gasteiger partial charge in [0.25, 0.3) is 0 Å². The third-order valence-electron chi connectivity index (χ3n) is 3.54. The van der Waals surface area contributed by atoms with Crippen LogP contribution in [0.25, 0.3) is 22.5 Å². The van der Waals surface area contributed by atoms with Crippen LogP contribution < -0.4 is 0 Å². The van der Waals surface area contributed by atoms with Gasteiger partial charge in [-0.3, -0.25) is 0 Å². The van der Waals surface area contributed by atoms with Gasteiger partial charge in [0.2, 0.25) is 0 Å². The first kappa shape index (κ1) is 14.5. The van der Waals surface area contributed by atoms with Crippen molar-refractivity contribution in [2.45, 2.75) is 26.2 Å². The summed E-state index contributed by atoms with van der Waals surface area (Å²) in [5.74, 6) is 0.868. The van der Waals surface area contributed by atoms with E-state index in [1.807, 2.05) is 36.4 Å². The van der Waals surface area contributed by atoms with Gasteiger partial charge < -0.3 is 0 Å². The Bertz CT molecular complexity index is 699. The summed E-state index contributed by atoms with van der Waals surface area (Å²) in [6.07, 6.45) is 0. The summed E-state index contributed by atoms with van der Waals surface area (Å²) >= 11 is 0. The van der Waals surface area contributed by atoms with Crippen LogP contribution in [0.4, 0.5) is 0 Å². The Morgan fingerprint density at radius 2 is 1.05 bits per heavy atom. The van der Waals surface area contributed by atoms with Crippen molar-refractivity contribution in [1.29, 1.82) is 0 Å². The normalized spacial score (nSPS) is 11.4. The summed E-state index contributed by atoms with van der Waals surface area (Å²) in [4.78, 5) is 9.58. The third kappa shape index (κ3) is 3.06. The molecule has 3 aromatic rings. The van der Waals surface area contributed by atoms with Gasteiger partial charge in [0.1, 0.15) is 5.82 Å². The molecule has 22 heavy (non-hydrogen) atoms. The van der Waals surface area contributed by atoms with Crippen molar-refractivity contribution in [2.24, 2.45) is 0 Å². The van der Waals surface area contributed by atoms with Gasteiger partial charge in [-0.25, -0.2) is 9.97 Å². The van der Waals surface area contributed by atoms with E-state index in [0.717, 1.165) is 28.3 Å². The number of hydrogen-bond donors (Lipinski definition) is 0. The first-order chi connectivity index (χ1) is 10.5. The number of nitrogens with zero attached hydrogens (tertiary/aromatic N) is 2. The third-order valence-corrected chi connectivity index (χ3v) is 3.54. The Morgan fingerprint density at radius 3 is 1.41 bits per heavy atom. The molecule has 0 spiro atoms. The fraction of sp³-hybridized carbons (Fsp3) is 0.200. The number of benzene rings is 2. The molecule has 0 amide bonds. The van der Waals surface area contributed by atoms with Gasteiger partial charge in [0.15, 0.2) is 0 Å². The van der Waals surface area contributed by atoms with E-state index < -0.39 is 0 Å². The van der Waals surface area contributed by atoms with Gasteiger partial charge in [-0.15, -0.1) is 0 Å². The highest BCUT2D eigenvalue weighted by Gasteiger charge is 2.19. The molecule has 110 valence electrons. The van der Waals surface area contributed by atoms with E-state index in [4.69, 9.17) is 9.97 Å². The van der Waals surface area contributed by atoms with Crippen LogP contribution in [0.5, 0.6) is 0 Å². The van der Waals surface area contributed by atoms with Crippen LogP contribution in [0.2, 0.25) is 0 Å². The molecule has 2 aromatic carbocycles. The highest BCUT2D eigenvalue weighted by atomic mass is 14.9. The second kappa shape index (κ2) is 5.72. The van der Waals surface area contributed by atoms with Crippen molar-refractivity contribution < 1.29 is 0 Å². The maximum atomic E-state index is 4.79. The molecular weight excluding hydrogens is 268 g/mol. The van der Waals surface area contributed by atoms with Crippen LogP contribution in [0, 0.1) is 0 Å². The fourth-order valence-electron chi connectivity index (χ4n) is 2.30. The van der Waals surface area contributed by atoms with Crippen molar-refractivity contribution in [2.75, 3.05) is 0 Å². The Labute approximate surface area is 131 Å². The molecule has 0 atom stereocenters. The summed E-state index contributed by atoms with van der Waals surface area (Å²) in [5, 5.41) is 0. The van der Waals surface area contributed by atoms with Gasteiger partial charge in [0.05, 0.1) is 11.4 Å². The molecule has 0 unspecified atom stereocenters. The van der Waals surface area contributed by atoms with Crippen molar-refractivity contribution >= 4 is 0 Å². The first-order valence-corrected chi connectivity index (χ1v) is 7.54.